The molecule has 20 heavy (non-hydrogen) atoms. The number of esters is 1. The Morgan fingerprint density at radius 1 is 1.40 bits per heavy atom. The SMILES string of the molecule is CCCC1CC(c2ccc(I)cc2)C(C(=O)OC)CN1. The maximum Gasteiger partial charge on any atom is 0.310 e. The first kappa shape index (κ1) is 15.8. The van der Waals surface area contributed by atoms with Crippen LogP contribution in [0.25, 0.3) is 0 Å². The number of halogens is 1. The van der Waals surface area contributed by atoms with Crippen molar-refractivity contribution in [2.45, 2.75) is 38.1 Å². The van der Waals surface area contributed by atoms with Gasteiger partial charge in [-0.25, -0.2) is 0 Å². The molecule has 2 rings (SSSR count). The van der Waals surface area contributed by atoms with Crippen molar-refractivity contribution in [3.8, 4) is 0 Å². The first-order valence-corrected chi connectivity index (χ1v) is 8.30. The molecule has 1 aromatic carbocycles. The first-order chi connectivity index (χ1) is 9.65. The number of hydrogen-bond donors (Lipinski definition) is 1. The Labute approximate surface area is 134 Å². The number of ether oxygens (including phenoxy) is 1. The van der Waals surface area contributed by atoms with Crippen LogP contribution in [0.4, 0.5) is 0 Å². The fourth-order valence-corrected chi connectivity index (χ4v) is 3.40. The molecular weight excluding hydrogens is 365 g/mol. The average molecular weight is 387 g/mol. The molecule has 1 heterocycles. The maximum absolute atomic E-state index is 12.0. The van der Waals surface area contributed by atoms with Gasteiger partial charge in [-0.2, -0.15) is 0 Å². The van der Waals surface area contributed by atoms with E-state index >= 15 is 0 Å². The van der Waals surface area contributed by atoms with Crippen LogP contribution in [-0.2, 0) is 9.53 Å². The van der Waals surface area contributed by atoms with E-state index in [1.165, 1.54) is 22.7 Å². The van der Waals surface area contributed by atoms with E-state index in [0.29, 0.717) is 12.6 Å². The second-order valence-electron chi connectivity index (χ2n) is 5.42. The minimum atomic E-state index is -0.101. The summed E-state index contributed by atoms with van der Waals surface area (Å²) in [6.45, 7) is 2.92. The monoisotopic (exact) mass is 387 g/mol. The van der Waals surface area contributed by atoms with E-state index in [2.05, 4.69) is 59.1 Å². The highest BCUT2D eigenvalue weighted by Crippen LogP contribution is 2.34. The highest BCUT2D eigenvalue weighted by atomic mass is 127. The van der Waals surface area contributed by atoms with Crippen molar-refractivity contribution in [1.82, 2.24) is 5.32 Å². The highest BCUT2D eigenvalue weighted by Gasteiger charge is 2.36. The summed E-state index contributed by atoms with van der Waals surface area (Å²) >= 11 is 2.31. The fourth-order valence-electron chi connectivity index (χ4n) is 3.04. The van der Waals surface area contributed by atoms with Gasteiger partial charge in [-0.3, -0.25) is 4.79 Å². The van der Waals surface area contributed by atoms with Crippen molar-refractivity contribution in [2.24, 2.45) is 5.92 Å². The van der Waals surface area contributed by atoms with Gasteiger partial charge in [0.15, 0.2) is 0 Å². The zero-order valence-electron chi connectivity index (χ0n) is 12.1. The molecule has 0 aliphatic carbocycles. The molecule has 110 valence electrons. The molecule has 3 unspecified atom stereocenters. The Hall–Kier alpha value is -0.620. The van der Waals surface area contributed by atoms with Crippen molar-refractivity contribution in [1.29, 1.82) is 0 Å². The molecule has 0 saturated carbocycles. The second kappa shape index (κ2) is 7.41. The van der Waals surface area contributed by atoms with Gasteiger partial charge in [0.05, 0.1) is 13.0 Å². The number of benzene rings is 1. The summed E-state index contributed by atoms with van der Waals surface area (Å²) in [6, 6.07) is 9.03. The molecule has 1 N–H and O–H groups in total. The van der Waals surface area contributed by atoms with Crippen LogP contribution >= 0.6 is 22.6 Å². The quantitative estimate of drug-likeness (QED) is 0.636. The van der Waals surface area contributed by atoms with Crippen LogP contribution in [0.2, 0.25) is 0 Å². The molecule has 3 nitrogen and oxygen atoms in total. The number of methoxy groups -OCH3 is 1. The molecule has 0 spiro atoms. The summed E-state index contributed by atoms with van der Waals surface area (Å²) in [5.74, 6) is 0.0846. The van der Waals surface area contributed by atoms with Gasteiger partial charge in [0, 0.05) is 16.2 Å². The Balaban J connectivity index is 2.20. The lowest BCUT2D eigenvalue weighted by atomic mass is 9.77. The highest BCUT2D eigenvalue weighted by molar-refractivity contribution is 14.1. The fraction of sp³-hybridized carbons (Fsp3) is 0.562. The van der Waals surface area contributed by atoms with E-state index in [4.69, 9.17) is 4.74 Å². The third-order valence-corrected chi connectivity index (χ3v) is 4.81. The standard InChI is InChI=1S/C16H22INO2/c1-3-4-13-9-14(11-5-7-12(17)8-6-11)15(10-18-13)16(19)20-2/h5-8,13-15,18H,3-4,9-10H2,1-2H3. The predicted molar refractivity (Wildman–Crippen MR) is 88.7 cm³/mol. The Kier molecular flexibility index (Phi) is 5.84. The van der Waals surface area contributed by atoms with Gasteiger partial charge in [0.2, 0.25) is 0 Å². The lowest BCUT2D eigenvalue weighted by molar-refractivity contribution is -0.147. The Morgan fingerprint density at radius 2 is 2.10 bits per heavy atom. The van der Waals surface area contributed by atoms with Crippen LogP contribution in [0, 0.1) is 9.49 Å². The Morgan fingerprint density at radius 3 is 2.70 bits per heavy atom. The van der Waals surface area contributed by atoms with Gasteiger partial charge in [-0.1, -0.05) is 25.5 Å². The van der Waals surface area contributed by atoms with E-state index in [-0.39, 0.29) is 17.8 Å². The predicted octanol–water partition coefficient (Wildman–Crippen LogP) is 3.33. The van der Waals surface area contributed by atoms with E-state index in [9.17, 15) is 4.79 Å². The molecule has 1 fully saturated rings. The number of carbonyl (C=O) groups is 1. The lowest BCUT2D eigenvalue weighted by Gasteiger charge is -2.36. The van der Waals surface area contributed by atoms with Gasteiger partial charge in [0.1, 0.15) is 0 Å². The van der Waals surface area contributed by atoms with E-state index in [1.54, 1.807) is 0 Å². The summed E-state index contributed by atoms with van der Waals surface area (Å²) in [4.78, 5) is 12.0. The van der Waals surface area contributed by atoms with Crippen molar-refractivity contribution in [2.75, 3.05) is 13.7 Å². The topological polar surface area (TPSA) is 38.3 Å². The van der Waals surface area contributed by atoms with Crippen molar-refractivity contribution >= 4 is 28.6 Å². The number of rotatable bonds is 4. The molecule has 1 aliphatic rings. The van der Waals surface area contributed by atoms with Crippen molar-refractivity contribution < 1.29 is 9.53 Å². The molecule has 0 bridgehead atoms. The van der Waals surface area contributed by atoms with Gasteiger partial charge in [0.25, 0.3) is 0 Å². The van der Waals surface area contributed by atoms with Crippen LogP contribution in [0.15, 0.2) is 24.3 Å². The molecule has 3 atom stereocenters. The first-order valence-electron chi connectivity index (χ1n) is 7.22. The largest absolute Gasteiger partial charge is 0.469 e. The lowest BCUT2D eigenvalue weighted by Crippen LogP contribution is -2.46. The zero-order chi connectivity index (χ0) is 14.5. The normalized spacial score (nSPS) is 26.2. The van der Waals surface area contributed by atoms with E-state index < -0.39 is 0 Å². The van der Waals surface area contributed by atoms with Crippen LogP contribution in [0.1, 0.15) is 37.7 Å². The van der Waals surface area contributed by atoms with E-state index in [1.807, 2.05) is 0 Å². The Bertz CT molecular complexity index is 446. The zero-order valence-corrected chi connectivity index (χ0v) is 14.2. The smallest absolute Gasteiger partial charge is 0.310 e. The maximum atomic E-state index is 12.0. The van der Waals surface area contributed by atoms with Gasteiger partial charge < -0.3 is 10.1 Å². The second-order valence-corrected chi connectivity index (χ2v) is 6.66. The molecule has 4 heteroatoms. The summed E-state index contributed by atoms with van der Waals surface area (Å²) in [6.07, 6.45) is 3.34. The summed E-state index contributed by atoms with van der Waals surface area (Å²) in [5, 5.41) is 3.49. The molecule has 0 radical (unpaired) electrons. The van der Waals surface area contributed by atoms with Gasteiger partial charge >= 0.3 is 5.97 Å². The summed E-state index contributed by atoms with van der Waals surface area (Å²) in [5.41, 5.74) is 1.25. The summed E-state index contributed by atoms with van der Waals surface area (Å²) < 4.78 is 6.20. The van der Waals surface area contributed by atoms with Gasteiger partial charge in [-0.05, 0) is 59.0 Å². The van der Waals surface area contributed by atoms with Crippen LogP contribution in [0.5, 0.6) is 0 Å². The van der Waals surface area contributed by atoms with Crippen molar-refractivity contribution in [3.63, 3.8) is 0 Å². The molecule has 1 saturated heterocycles. The molecule has 0 amide bonds. The number of piperidine rings is 1. The van der Waals surface area contributed by atoms with Crippen LogP contribution in [0.3, 0.4) is 0 Å². The third-order valence-electron chi connectivity index (χ3n) is 4.09. The number of nitrogens with one attached hydrogen (secondary N) is 1. The molecule has 1 aromatic rings. The minimum absolute atomic E-state index is 0.0758. The third kappa shape index (κ3) is 3.73. The average Bonchev–Trinajstić information content (AvgIpc) is 2.47. The number of hydrogen-bond acceptors (Lipinski definition) is 3. The molecule has 0 aromatic heterocycles. The minimum Gasteiger partial charge on any atom is -0.469 e. The van der Waals surface area contributed by atoms with Crippen molar-refractivity contribution in [3.05, 3.63) is 33.4 Å². The van der Waals surface area contributed by atoms with E-state index in [0.717, 1.165) is 12.8 Å². The molecule has 1 aliphatic heterocycles. The van der Waals surface area contributed by atoms with Crippen LogP contribution < -0.4 is 5.32 Å². The number of carbonyl (C=O) groups excluding carboxylic acids is 1. The summed E-state index contributed by atoms with van der Waals surface area (Å²) in [7, 11) is 1.48. The van der Waals surface area contributed by atoms with Crippen LogP contribution in [-0.4, -0.2) is 25.7 Å². The van der Waals surface area contributed by atoms with Gasteiger partial charge in [-0.15, -0.1) is 0 Å². The molecular formula is C16H22INO2.